The zero-order valence-corrected chi connectivity index (χ0v) is 12.6. The first kappa shape index (κ1) is 14.3. The van der Waals surface area contributed by atoms with E-state index < -0.39 is 0 Å². The van der Waals surface area contributed by atoms with Crippen molar-refractivity contribution >= 4 is 34.1 Å². The van der Waals surface area contributed by atoms with E-state index in [9.17, 15) is 9.59 Å². The Bertz CT molecular complexity index is 793. The van der Waals surface area contributed by atoms with Crippen molar-refractivity contribution in [3.63, 3.8) is 0 Å². The topological polar surface area (TPSA) is 63.1 Å². The van der Waals surface area contributed by atoms with Crippen LogP contribution < -0.4 is 10.9 Å². The van der Waals surface area contributed by atoms with E-state index >= 15 is 0 Å². The summed E-state index contributed by atoms with van der Waals surface area (Å²) in [5.74, 6) is -0.492. The predicted octanol–water partition coefficient (Wildman–Crippen LogP) is 2.09. The molecule has 0 saturated heterocycles. The lowest BCUT2D eigenvalue weighted by Gasteiger charge is -2.08. The van der Waals surface area contributed by atoms with Crippen LogP contribution in [0.4, 0.5) is 0 Å². The van der Waals surface area contributed by atoms with Crippen LogP contribution in [0, 0.1) is 0 Å². The molecular weight excluding hydrogens is 298 g/mol. The van der Waals surface area contributed by atoms with Gasteiger partial charge in [0.1, 0.15) is 6.54 Å². The van der Waals surface area contributed by atoms with Crippen LogP contribution in [0.5, 0.6) is 0 Å². The fourth-order valence-corrected chi connectivity index (χ4v) is 2.93. The second-order valence-electron chi connectivity index (χ2n) is 4.85. The molecule has 2 amide bonds. The number of amides is 2. The third-order valence-electron chi connectivity index (χ3n) is 3.25. The zero-order chi connectivity index (χ0) is 15.4. The summed E-state index contributed by atoms with van der Waals surface area (Å²) < 4.78 is 1.84. The van der Waals surface area contributed by atoms with Crippen LogP contribution in [-0.4, -0.2) is 16.4 Å². The van der Waals surface area contributed by atoms with Crippen LogP contribution in [0.1, 0.15) is 4.88 Å². The van der Waals surface area contributed by atoms with Gasteiger partial charge in [-0.25, -0.2) is 0 Å². The molecule has 6 heteroatoms. The number of rotatable bonds is 4. The highest BCUT2D eigenvalue weighted by molar-refractivity contribution is 7.10. The van der Waals surface area contributed by atoms with Gasteiger partial charge in [0.15, 0.2) is 0 Å². The Kier molecular flexibility index (Phi) is 4.20. The number of carbonyl (C=O) groups excluding carboxylic acids is 2. The molecule has 2 heterocycles. The van der Waals surface area contributed by atoms with Gasteiger partial charge in [0.2, 0.25) is 5.91 Å². The lowest BCUT2D eigenvalue weighted by atomic mass is 10.2. The third-order valence-corrected chi connectivity index (χ3v) is 4.13. The standard InChI is InChI=1S/C16H15N3O2S/c20-15(10-13-5-3-9-22-13)17-18-16(21)11-19-8-7-12-4-1-2-6-14(12)19/h1-9H,10-11H2,(H,17,20)(H,18,21). The maximum absolute atomic E-state index is 11.9. The minimum absolute atomic E-state index is 0.160. The van der Waals surface area contributed by atoms with Gasteiger partial charge in [0.25, 0.3) is 5.91 Å². The Morgan fingerprint density at radius 3 is 2.64 bits per heavy atom. The number of aromatic nitrogens is 1. The van der Waals surface area contributed by atoms with E-state index in [-0.39, 0.29) is 24.8 Å². The number of fused-ring (bicyclic) bond motifs is 1. The summed E-state index contributed by atoms with van der Waals surface area (Å²) >= 11 is 1.51. The van der Waals surface area contributed by atoms with E-state index in [1.807, 2.05) is 58.6 Å². The van der Waals surface area contributed by atoms with Crippen molar-refractivity contribution < 1.29 is 9.59 Å². The maximum atomic E-state index is 11.9. The molecule has 0 unspecified atom stereocenters. The molecule has 0 radical (unpaired) electrons. The number of hydrogen-bond donors (Lipinski definition) is 2. The Hall–Kier alpha value is -2.60. The fraction of sp³-hybridized carbons (Fsp3) is 0.125. The van der Waals surface area contributed by atoms with E-state index in [2.05, 4.69) is 10.9 Å². The number of benzene rings is 1. The van der Waals surface area contributed by atoms with Gasteiger partial charge in [-0.3, -0.25) is 20.4 Å². The largest absolute Gasteiger partial charge is 0.338 e. The number of hydrazine groups is 1. The molecule has 2 N–H and O–H groups in total. The summed E-state index contributed by atoms with van der Waals surface area (Å²) in [6, 6.07) is 13.6. The quantitative estimate of drug-likeness (QED) is 0.725. The lowest BCUT2D eigenvalue weighted by molar-refractivity contribution is -0.128. The summed E-state index contributed by atoms with van der Waals surface area (Å²) in [5.41, 5.74) is 5.87. The van der Waals surface area contributed by atoms with Crippen molar-refractivity contribution in [3.05, 3.63) is 58.9 Å². The Morgan fingerprint density at radius 2 is 1.82 bits per heavy atom. The van der Waals surface area contributed by atoms with Crippen molar-refractivity contribution in [3.8, 4) is 0 Å². The molecule has 3 aromatic rings. The maximum Gasteiger partial charge on any atom is 0.258 e. The number of nitrogens with one attached hydrogen (secondary N) is 2. The molecule has 112 valence electrons. The molecule has 5 nitrogen and oxygen atoms in total. The van der Waals surface area contributed by atoms with Crippen molar-refractivity contribution in [2.24, 2.45) is 0 Å². The van der Waals surface area contributed by atoms with Gasteiger partial charge in [0, 0.05) is 16.6 Å². The van der Waals surface area contributed by atoms with Gasteiger partial charge in [0.05, 0.1) is 6.42 Å². The van der Waals surface area contributed by atoms with Crippen LogP contribution in [0.3, 0.4) is 0 Å². The minimum Gasteiger partial charge on any atom is -0.338 e. The van der Waals surface area contributed by atoms with Crippen LogP contribution >= 0.6 is 11.3 Å². The van der Waals surface area contributed by atoms with E-state index in [0.29, 0.717) is 0 Å². The fourth-order valence-electron chi connectivity index (χ4n) is 2.23. The molecule has 0 atom stereocenters. The summed E-state index contributed by atoms with van der Waals surface area (Å²) in [6.45, 7) is 0.160. The van der Waals surface area contributed by atoms with Gasteiger partial charge in [-0.15, -0.1) is 11.3 Å². The molecule has 3 rings (SSSR count). The molecular formula is C16H15N3O2S. The number of carbonyl (C=O) groups is 2. The summed E-state index contributed by atoms with van der Waals surface area (Å²) in [5, 5.41) is 3.00. The van der Waals surface area contributed by atoms with Gasteiger partial charge in [-0.2, -0.15) is 0 Å². The van der Waals surface area contributed by atoms with E-state index in [1.165, 1.54) is 11.3 Å². The second-order valence-corrected chi connectivity index (χ2v) is 5.89. The highest BCUT2D eigenvalue weighted by Crippen LogP contribution is 2.14. The molecule has 0 spiro atoms. The summed E-state index contributed by atoms with van der Waals surface area (Å²) in [6.07, 6.45) is 2.13. The first-order chi connectivity index (χ1) is 10.7. The molecule has 0 aliphatic rings. The molecule has 0 saturated carbocycles. The second kappa shape index (κ2) is 6.44. The van der Waals surface area contributed by atoms with Crippen LogP contribution in [-0.2, 0) is 22.6 Å². The summed E-state index contributed by atoms with van der Waals surface area (Å²) in [7, 11) is 0. The first-order valence-electron chi connectivity index (χ1n) is 6.86. The SMILES string of the molecule is O=C(Cc1cccs1)NNC(=O)Cn1ccc2ccccc21. The average Bonchev–Trinajstić information content (AvgIpc) is 3.16. The average molecular weight is 313 g/mol. The lowest BCUT2D eigenvalue weighted by Crippen LogP contribution is -2.43. The van der Waals surface area contributed by atoms with Gasteiger partial charge >= 0.3 is 0 Å². The monoisotopic (exact) mass is 313 g/mol. The van der Waals surface area contributed by atoms with Crippen molar-refractivity contribution in [2.45, 2.75) is 13.0 Å². The number of hydrogen-bond acceptors (Lipinski definition) is 3. The Balaban J connectivity index is 1.53. The highest BCUT2D eigenvalue weighted by atomic mass is 32.1. The molecule has 2 aromatic heterocycles. The Labute approximate surface area is 131 Å². The predicted molar refractivity (Wildman–Crippen MR) is 86.2 cm³/mol. The molecule has 0 fully saturated rings. The number of nitrogens with zero attached hydrogens (tertiary/aromatic N) is 1. The molecule has 22 heavy (non-hydrogen) atoms. The van der Waals surface area contributed by atoms with Crippen LogP contribution in [0.25, 0.3) is 10.9 Å². The third kappa shape index (κ3) is 3.35. The zero-order valence-electron chi connectivity index (χ0n) is 11.8. The van der Waals surface area contributed by atoms with Gasteiger partial charge in [-0.05, 0) is 29.0 Å². The smallest absolute Gasteiger partial charge is 0.258 e. The molecule has 0 bridgehead atoms. The highest BCUT2D eigenvalue weighted by Gasteiger charge is 2.08. The van der Waals surface area contributed by atoms with E-state index in [4.69, 9.17) is 0 Å². The van der Waals surface area contributed by atoms with Gasteiger partial charge in [-0.1, -0.05) is 24.3 Å². The molecule has 0 aliphatic carbocycles. The van der Waals surface area contributed by atoms with Gasteiger partial charge < -0.3 is 4.57 Å². The molecule has 1 aromatic carbocycles. The van der Waals surface area contributed by atoms with Crippen LogP contribution in [0.2, 0.25) is 0 Å². The van der Waals surface area contributed by atoms with Crippen molar-refractivity contribution in [2.75, 3.05) is 0 Å². The van der Waals surface area contributed by atoms with Crippen molar-refractivity contribution in [1.29, 1.82) is 0 Å². The van der Waals surface area contributed by atoms with E-state index in [1.54, 1.807) is 0 Å². The minimum atomic E-state index is -0.263. The number of thiophene rings is 1. The Morgan fingerprint density at radius 1 is 1.00 bits per heavy atom. The first-order valence-corrected chi connectivity index (χ1v) is 7.74. The normalized spacial score (nSPS) is 10.5. The molecule has 0 aliphatic heterocycles. The van der Waals surface area contributed by atoms with E-state index in [0.717, 1.165) is 15.8 Å². The number of para-hydroxylation sites is 1. The van der Waals surface area contributed by atoms with Crippen LogP contribution in [0.15, 0.2) is 54.0 Å². The van der Waals surface area contributed by atoms with Crippen molar-refractivity contribution in [1.82, 2.24) is 15.4 Å². The summed E-state index contributed by atoms with van der Waals surface area (Å²) in [4.78, 5) is 24.6.